The Morgan fingerprint density at radius 3 is 0.933 bits per heavy atom. The number of aromatic nitrogens is 3. The van der Waals surface area contributed by atoms with E-state index >= 15 is 0 Å². The Labute approximate surface area is 175 Å². The molecule has 0 unspecified atom stereocenters. The Morgan fingerprint density at radius 1 is 0.567 bits per heavy atom. The maximum absolute atomic E-state index is 11.2. The smallest absolute Gasteiger partial charge is 0.217 e. The van der Waals surface area contributed by atoms with Crippen molar-refractivity contribution in [1.29, 1.82) is 0 Å². The van der Waals surface area contributed by atoms with Crippen LogP contribution in [0.4, 0.5) is 0 Å². The molecule has 0 aliphatic heterocycles. The van der Waals surface area contributed by atoms with Crippen molar-refractivity contribution in [3.05, 3.63) is 47.8 Å². The third-order valence-corrected chi connectivity index (χ3v) is 5.14. The standard InChI is InChI=1S/C18H30N6O6/c1-16(2,22(25)26)10-7-13-19-14(8-11-17(3,4)23(27)28)21-15(20-13)9-12-18(5,6)24(29)30/h7-12H2,1-6H3. The number of aryl methyl sites for hydroxylation is 3. The highest BCUT2D eigenvalue weighted by atomic mass is 16.6. The van der Waals surface area contributed by atoms with Crippen LogP contribution in [-0.4, -0.2) is 46.3 Å². The van der Waals surface area contributed by atoms with E-state index in [1.54, 1.807) is 0 Å². The van der Waals surface area contributed by atoms with Gasteiger partial charge in [-0.2, -0.15) is 0 Å². The van der Waals surface area contributed by atoms with Gasteiger partial charge < -0.3 is 0 Å². The lowest BCUT2D eigenvalue weighted by molar-refractivity contribution is -0.561. The van der Waals surface area contributed by atoms with Gasteiger partial charge in [-0.25, -0.2) is 15.0 Å². The van der Waals surface area contributed by atoms with Crippen LogP contribution in [0.25, 0.3) is 0 Å². The molecule has 168 valence electrons. The van der Waals surface area contributed by atoms with Crippen molar-refractivity contribution < 1.29 is 14.8 Å². The zero-order valence-corrected chi connectivity index (χ0v) is 18.4. The minimum atomic E-state index is -1.16. The van der Waals surface area contributed by atoms with Crippen molar-refractivity contribution in [2.75, 3.05) is 0 Å². The summed E-state index contributed by atoms with van der Waals surface area (Å²) in [6.45, 7) is 9.05. The molecule has 0 spiro atoms. The Bertz CT molecular complexity index is 691. The van der Waals surface area contributed by atoms with Crippen molar-refractivity contribution in [2.45, 2.75) is 96.7 Å². The van der Waals surface area contributed by atoms with Crippen molar-refractivity contribution in [2.24, 2.45) is 0 Å². The van der Waals surface area contributed by atoms with Gasteiger partial charge in [-0.05, 0) is 0 Å². The van der Waals surface area contributed by atoms with Crippen molar-refractivity contribution in [3.63, 3.8) is 0 Å². The van der Waals surface area contributed by atoms with Gasteiger partial charge in [0.2, 0.25) is 16.6 Å². The molecule has 0 bridgehead atoms. The molecule has 12 heteroatoms. The van der Waals surface area contributed by atoms with E-state index in [0.717, 1.165) is 0 Å². The molecule has 0 radical (unpaired) electrons. The number of rotatable bonds is 12. The first-order chi connectivity index (χ1) is 13.6. The largest absolute Gasteiger partial charge is 0.264 e. The quantitative estimate of drug-likeness (QED) is 0.360. The molecule has 0 saturated carbocycles. The Hall–Kier alpha value is -2.79. The summed E-state index contributed by atoms with van der Waals surface area (Å²) < 4.78 is 0. The summed E-state index contributed by atoms with van der Waals surface area (Å²) in [6.07, 6.45) is 1.28. The molecule has 1 aromatic rings. The number of hydrogen-bond acceptors (Lipinski definition) is 9. The molecule has 0 aromatic carbocycles. The lowest BCUT2D eigenvalue weighted by Gasteiger charge is -2.17. The molecule has 0 amide bonds. The average molecular weight is 426 g/mol. The summed E-state index contributed by atoms with van der Waals surface area (Å²) >= 11 is 0. The molecule has 30 heavy (non-hydrogen) atoms. The number of nitrogens with zero attached hydrogens (tertiary/aromatic N) is 6. The van der Waals surface area contributed by atoms with E-state index < -0.39 is 16.6 Å². The van der Waals surface area contributed by atoms with Gasteiger partial charge in [0.25, 0.3) is 0 Å². The van der Waals surface area contributed by atoms with Crippen LogP contribution < -0.4 is 0 Å². The predicted molar refractivity (Wildman–Crippen MR) is 108 cm³/mol. The molecule has 1 rings (SSSR count). The van der Waals surface area contributed by atoms with Crippen LogP contribution in [0.1, 0.15) is 78.3 Å². The normalized spacial score (nSPS) is 12.6. The summed E-state index contributed by atoms with van der Waals surface area (Å²) in [4.78, 5) is 45.4. The number of nitro groups is 3. The maximum atomic E-state index is 11.2. The third-order valence-electron chi connectivity index (χ3n) is 5.14. The lowest BCUT2D eigenvalue weighted by atomic mass is 9.98. The van der Waals surface area contributed by atoms with Crippen LogP contribution in [0.5, 0.6) is 0 Å². The van der Waals surface area contributed by atoms with Crippen LogP contribution in [0, 0.1) is 30.3 Å². The molecule has 1 heterocycles. The summed E-state index contributed by atoms with van der Waals surface area (Å²) in [6, 6.07) is 0. The molecule has 0 saturated heterocycles. The van der Waals surface area contributed by atoms with E-state index in [0.29, 0.717) is 17.5 Å². The SMILES string of the molecule is CC(C)(CCc1nc(CCC(C)(C)[N+](=O)[O-])nc(CCC(C)(C)[N+](=O)[O-])n1)[N+](=O)[O-]. The van der Waals surface area contributed by atoms with E-state index in [2.05, 4.69) is 15.0 Å². The summed E-state index contributed by atoms with van der Waals surface area (Å²) in [5.41, 5.74) is -3.48. The monoisotopic (exact) mass is 426 g/mol. The topological polar surface area (TPSA) is 168 Å². The second-order valence-electron chi connectivity index (χ2n) is 9.29. The Balaban J connectivity index is 3.09. The fourth-order valence-corrected chi connectivity index (χ4v) is 2.38. The first kappa shape index (κ1) is 25.2. The van der Waals surface area contributed by atoms with Crippen LogP contribution in [-0.2, 0) is 19.3 Å². The maximum Gasteiger partial charge on any atom is 0.217 e. The first-order valence-electron chi connectivity index (χ1n) is 9.73. The van der Waals surface area contributed by atoms with E-state index in [4.69, 9.17) is 0 Å². The van der Waals surface area contributed by atoms with Gasteiger partial charge in [-0.15, -0.1) is 0 Å². The minimum absolute atomic E-state index is 0.198. The summed E-state index contributed by atoms with van der Waals surface area (Å²) in [5, 5.41) is 33.5. The summed E-state index contributed by atoms with van der Waals surface area (Å²) in [7, 11) is 0. The zero-order valence-electron chi connectivity index (χ0n) is 18.4. The average Bonchev–Trinajstić information content (AvgIpc) is 2.63. The summed E-state index contributed by atoms with van der Waals surface area (Å²) in [5.74, 6) is 1.05. The van der Waals surface area contributed by atoms with E-state index in [-0.39, 0.29) is 53.3 Å². The molecule has 12 nitrogen and oxygen atoms in total. The Kier molecular flexibility index (Phi) is 7.87. The van der Waals surface area contributed by atoms with Crippen molar-refractivity contribution >= 4 is 0 Å². The van der Waals surface area contributed by atoms with Crippen LogP contribution >= 0.6 is 0 Å². The molecule has 0 atom stereocenters. The molecule has 0 N–H and O–H groups in total. The van der Waals surface area contributed by atoms with Crippen molar-refractivity contribution in [1.82, 2.24) is 15.0 Å². The highest BCUT2D eigenvalue weighted by molar-refractivity contribution is 5.00. The van der Waals surface area contributed by atoms with Crippen LogP contribution in [0.2, 0.25) is 0 Å². The molecule has 0 aliphatic rings. The van der Waals surface area contributed by atoms with Gasteiger partial charge in [-0.3, -0.25) is 30.3 Å². The Morgan fingerprint density at radius 2 is 0.767 bits per heavy atom. The fourth-order valence-electron chi connectivity index (χ4n) is 2.38. The first-order valence-corrected chi connectivity index (χ1v) is 9.73. The van der Waals surface area contributed by atoms with Gasteiger partial charge in [0.15, 0.2) is 0 Å². The van der Waals surface area contributed by atoms with E-state index in [1.165, 1.54) is 41.5 Å². The van der Waals surface area contributed by atoms with Crippen LogP contribution in [0.3, 0.4) is 0 Å². The zero-order chi connectivity index (χ0) is 23.3. The van der Waals surface area contributed by atoms with Gasteiger partial charge >= 0.3 is 0 Å². The van der Waals surface area contributed by atoms with Gasteiger partial charge in [0, 0.05) is 94.8 Å². The van der Waals surface area contributed by atoms with Crippen molar-refractivity contribution in [3.8, 4) is 0 Å². The van der Waals surface area contributed by atoms with Gasteiger partial charge in [-0.1, -0.05) is 0 Å². The van der Waals surface area contributed by atoms with Gasteiger partial charge in [0.1, 0.15) is 17.5 Å². The fraction of sp³-hybridized carbons (Fsp3) is 0.833. The second kappa shape index (κ2) is 9.35. The molecule has 0 fully saturated rings. The minimum Gasteiger partial charge on any atom is -0.264 e. The highest BCUT2D eigenvalue weighted by Gasteiger charge is 2.33. The highest BCUT2D eigenvalue weighted by Crippen LogP contribution is 2.20. The predicted octanol–water partition coefficient (Wildman–Crippen LogP) is 2.84. The van der Waals surface area contributed by atoms with E-state index in [1.807, 2.05) is 0 Å². The number of hydrogen-bond donors (Lipinski definition) is 0. The lowest BCUT2D eigenvalue weighted by Crippen LogP contribution is -2.32. The molecular weight excluding hydrogens is 396 g/mol. The molecule has 0 aliphatic carbocycles. The van der Waals surface area contributed by atoms with Crippen LogP contribution in [0.15, 0.2) is 0 Å². The molecular formula is C18H30N6O6. The van der Waals surface area contributed by atoms with Gasteiger partial charge in [0.05, 0.1) is 0 Å². The third kappa shape index (κ3) is 7.23. The van der Waals surface area contributed by atoms with E-state index in [9.17, 15) is 30.3 Å². The molecule has 1 aromatic heterocycles. The second-order valence-corrected chi connectivity index (χ2v) is 9.29.